The van der Waals surface area contributed by atoms with E-state index in [4.69, 9.17) is 0 Å². The third-order valence-corrected chi connectivity index (χ3v) is 3.10. The van der Waals surface area contributed by atoms with Crippen molar-refractivity contribution in [3.63, 3.8) is 0 Å². The highest BCUT2D eigenvalue weighted by atomic mass is 19.1. The third-order valence-electron chi connectivity index (χ3n) is 3.10. The minimum atomic E-state index is -0.796. The quantitative estimate of drug-likeness (QED) is 0.727. The molecule has 100 valence electrons. The van der Waals surface area contributed by atoms with Gasteiger partial charge in [-0.1, -0.05) is 13.3 Å². The first-order valence-electron chi connectivity index (χ1n) is 6.16. The van der Waals surface area contributed by atoms with Crippen LogP contribution in [0.5, 0.6) is 0 Å². The summed E-state index contributed by atoms with van der Waals surface area (Å²) in [6, 6.07) is 2.65. The first-order valence-corrected chi connectivity index (χ1v) is 6.16. The van der Waals surface area contributed by atoms with E-state index < -0.39 is 17.7 Å². The fourth-order valence-corrected chi connectivity index (χ4v) is 1.72. The van der Waals surface area contributed by atoms with E-state index >= 15 is 0 Å². The number of likely N-dealkylation sites (N-methyl/N-ethyl adjacent to an activating group) is 1. The summed E-state index contributed by atoms with van der Waals surface area (Å²) in [5, 5.41) is 0. The van der Waals surface area contributed by atoms with Gasteiger partial charge in [-0.05, 0) is 39.1 Å². The van der Waals surface area contributed by atoms with Gasteiger partial charge in [-0.15, -0.1) is 0 Å². The van der Waals surface area contributed by atoms with Crippen molar-refractivity contribution >= 4 is 5.78 Å². The maximum atomic E-state index is 13.5. The molecule has 0 aliphatic rings. The molecule has 2 nitrogen and oxygen atoms in total. The maximum absolute atomic E-state index is 13.5. The normalized spacial score (nSPS) is 12.8. The fourth-order valence-electron chi connectivity index (χ4n) is 1.72. The van der Waals surface area contributed by atoms with E-state index in [9.17, 15) is 13.6 Å². The highest BCUT2D eigenvalue weighted by molar-refractivity contribution is 6.00. The zero-order valence-electron chi connectivity index (χ0n) is 11.0. The summed E-state index contributed by atoms with van der Waals surface area (Å²) >= 11 is 0. The Kier molecular flexibility index (Phi) is 5.41. The van der Waals surface area contributed by atoms with Crippen LogP contribution in [-0.4, -0.2) is 30.3 Å². The van der Waals surface area contributed by atoms with E-state index in [1.165, 1.54) is 6.07 Å². The molecule has 1 aromatic carbocycles. The molecule has 1 aromatic rings. The molecular weight excluding hydrogens is 236 g/mol. The van der Waals surface area contributed by atoms with Crippen molar-refractivity contribution in [2.75, 3.05) is 13.6 Å². The second kappa shape index (κ2) is 6.59. The minimum Gasteiger partial charge on any atom is -0.297 e. The molecule has 0 N–H and O–H groups in total. The van der Waals surface area contributed by atoms with Gasteiger partial charge in [0.2, 0.25) is 0 Å². The molecule has 0 amide bonds. The van der Waals surface area contributed by atoms with Gasteiger partial charge in [-0.25, -0.2) is 8.78 Å². The Balaban J connectivity index is 2.79. The lowest BCUT2D eigenvalue weighted by Gasteiger charge is -2.23. The molecule has 0 aliphatic heterocycles. The summed E-state index contributed by atoms with van der Waals surface area (Å²) in [5.74, 6) is -1.78. The molecule has 4 heteroatoms. The summed E-state index contributed by atoms with van der Waals surface area (Å²) in [6.07, 6.45) is 2.02. The lowest BCUT2D eigenvalue weighted by Crippen LogP contribution is -2.37. The van der Waals surface area contributed by atoms with Crippen LogP contribution in [0.25, 0.3) is 0 Å². The molecule has 0 bridgehead atoms. The number of Topliss-reactive ketones (excluding diaryl/α,β-unsaturated/α-hetero) is 1. The maximum Gasteiger partial charge on any atom is 0.182 e. The van der Waals surface area contributed by atoms with Crippen LogP contribution in [-0.2, 0) is 0 Å². The van der Waals surface area contributed by atoms with Crippen LogP contribution in [0.2, 0.25) is 0 Å². The molecule has 0 spiro atoms. The first-order chi connectivity index (χ1) is 8.47. The van der Waals surface area contributed by atoms with Crippen LogP contribution in [0, 0.1) is 11.6 Å². The van der Waals surface area contributed by atoms with E-state index in [-0.39, 0.29) is 11.3 Å². The van der Waals surface area contributed by atoms with Crippen molar-refractivity contribution in [3.05, 3.63) is 35.4 Å². The van der Waals surface area contributed by atoms with Gasteiger partial charge in [0.15, 0.2) is 5.78 Å². The van der Waals surface area contributed by atoms with Gasteiger partial charge < -0.3 is 0 Å². The van der Waals surface area contributed by atoms with Crippen molar-refractivity contribution in [1.82, 2.24) is 4.90 Å². The predicted molar refractivity (Wildman–Crippen MR) is 67.7 cm³/mol. The lowest BCUT2D eigenvalue weighted by molar-refractivity contribution is 0.0863. The predicted octanol–water partition coefficient (Wildman–Crippen LogP) is 3.27. The zero-order chi connectivity index (χ0) is 13.7. The number of carbonyl (C=O) groups excluding carboxylic acids is 1. The standard InChI is InChI=1S/C14H19F2NO/c1-4-5-8-17(3)10(2)14(18)12-7-6-11(15)9-13(12)16/h6-7,9-10H,4-5,8H2,1-3H3. The van der Waals surface area contributed by atoms with Gasteiger partial charge in [-0.3, -0.25) is 9.69 Å². The lowest BCUT2D eigenvalue weighted by atomic mass is 10.0. The number of rotatable bonds is 6. The first kappa shape index (κ1) is 14.8. The average Bonchev–Trinajstić information content (AvgIpc) is 2.34. The number of ketones is 1. The summed E-state index contributed by atoms with van der Waals surface area (Å²) in [5.41, 5.74) is -0.0488. The largest absolute Gasteiger partial charge is 0.297 e. The summed E-state index contributed by atoms with van der Waals surface area (Å²) < 4.78 is 26.3. The van der Waals surface area contributed by atoms with Crippen molar-refractivity contribution in [1.29, 1.82) is 0 Å². The molecule has 0 saturated heterocycles. The molecule has 0 fully saturated rings. The summed E-state index contributed by atoms with van der Waals surface area (Å²) in [4.78, 5) is 14.0. The van der Waals surface area contributed by atoms with Gasteiger partial charge in [0.25, 0.3) is 0 Å². The number of unbranched alkanes of at least 4 members (excludes halogenated alkanes) is 1. The molecule has 0 aliphatic carbocycles. The topological polar surface area (TPSA) is 20.3 Å². The van der Waals surface area contributed by atoms with Crippen molar-refractivity contribution < 1.29 is 13.6 Å². The number of carbonyl (C=O) groups is 1. The second-order valence-electron chi connectivity index (χ2n) is 4.50. The van der Waals surface area contributed by atoms with E-state index in [0.29, 0.717) is 0 Å². The second-order valence-corrected chi connectivity index (χ2v) is 4.50. The Morgan fingerprint density at radius 3 is 2.61 bits per heavy atom. The monoisotopic (exact) mass is 255 g/mol. The van der Waals surface area contributed by atoms with Crippen LogP contribution < -0.4 is 0 Å². The molecule has 1 rings (SSSR count). The van der Waals surface area contributed by atoms with Gasteiger partial charge in [-0.2, -0.15) is 0 Å². The van der Waals surface area contributed by atoms with E-state index in [2.05, 4.69) is 6.92 Å². The number of hydrogen-bond acceptors (Lipinski definition) is 2. The Hall–Kier alpha value is -1.29. The van der Waals surface area contributed by atoms with Gasteiger partial charge in [0.05, 0.1) is 11.6 Å². The summed E-state index contributed by atoms with van der Waals surface area (Å²) in [7, 11) is 1.83. The van der Waals surface area contributed by atoms with Crippen LogP contribution >= 0.6 is 0 Å². The van der Waals surface area contributed by atoms with E-state index in [0.717, 1.165) is 31.5 Å². The smallest absolute Gasteiger partial charge is 0.182 e. The molecule has 18 heavy (non-hydrogen) atoms. The minimum absolute atomic E-state index is 0.0488. The molecule has 0 radical (unpaired) electrons. The molecule has 1 atom stereocenters. The third kappa shape index (κ3) is 3.60. The summed E-state index contributed by atoms with van der Waals surface area (Å²) in [6.45, 7) is 4.59. The van der Waals surface area contributed by atoms with E-state index in [1.54, 1.807) is 6.92 Å². The Morgan fingerprint density at radius 2 is 2.06 bits per heavy atom. The van der Waals surface area contributed by atoms with Gasteiger partial charge in [0, 0.05) is 6.07 Å². The highest BCUT2D eigenvalue weighted by Gasteiger charge is 2.22. The van der Waals surface area contributed by atoms with Gasteiger partial charge in [0.1, 0.15) is 11.6 Å². The number of nitrogens with zero attached hydrogens (tertiary/aromatic N) is 1. The van der Waals surface area contributed by atoms with Crippen molar-refractivity contribution in [3.8, 4) is 0 Å². The molecular formula is C14H19F2NO. The Labute approximate surface area is 107 Å². The molecule has 0 aromatic heterocycles. The van der Waals surface area contributed by atoms with Crippen LogP contribution in [0.1, 0.15) is 37.0 Å². The van der Waals surface area contributed by atoms with Crippen LogP contribution in [0.3, 0.4) is 0 Å². The average molecular weight is 255 g/mol. The SMILES string of the molecule is CCCCN(C)C(C)C(=O)c1ccc(F)cc1F. The fraction of sp³-hybridized carbons (Fsp3) is 0.500. The molecule has 1 unspecified atom stereocenters. The van der Waals surface area contributed by atoms with Crippen molar-refractivity contribution in [2.45, 2.75) is 32.7 Å². The Bertz CT molecular complexity index is 420. The Morgan fingerprint density at radius 1 is 1.39 bits per heavy atom. The number of hydrogen-bond donors (Lipinski definition) is 0. The van der Waals surface area contributed by atoms with Crippen LogP contribution in [0.15, 0.2) is 18.2 Å². The molecule has 0 heterocycles. The number of halogens is 2. The van der Waals surface area contributed by atoms with Crippen molar-refractivity contribution in [2.24, 2.45) is 0 Å². The zero-order valence-corrected chi connectivity index (χ0v) is 11.0. The number of benzene rings is 1. The molecule has 0 saturated carbocycles. The highest BCUT2D eigenvalue weighted by Crippen LogP contribution is 2.14. The van der Waals surface area contributed by atoms with E-state index in [1.807, 2.05) is 11.9 Å². The van der Waals surface area contributed by atoms with Gasteiger partial charge >= 0.3 is 0 Å². The van der Waals surface area contributed by atoms with Crippen LogP contribution in [0.4, 0.5) is 8.78 Å².